The molecule has 0 radical (unpaired) electrons. The van der Waals surface area contributed by atoms with Crippen molar-refractivity contribution < 1.29 is 18.7 Å². The number of aromatic nitrogens is 3. The number of fused-ring (bicyclic) bond motifs is 1. The van der Waals surface area contributed by atoms with Gasteiger partial charge in [0.2, 0.25) is 6.10 Å². The Balaban J connectivity index is 1.26. The van der Waals surface area contributed by atoms with Crippen LogP contribution in [0.2, 0.25) is 0 Å². The monoisotopic (exact) mass is 447 g/mol. The van der Waals surface area contributed by atoms with Crippen molar-refractivity contribution in [2.45, 2.75) is 25.2 Å². The summed E-state index contributed by atoms with van der Waals surface area (Å²) in [7, 11) is 0. The van der Waals surface area contributed by atoms with Crippen molar-refractivity contribution in [3.05, 3.63) is 83.5 Å². The zero-order valence-electron chi connectivity index (χ0n) is 17.6. The van der Waals surface area contributed by atoms with E-state index in [1.807, 2.05) is 74.5 Å². The van der Waals surface area contributed by atoms with Crippen LogP contribution in [0.25, 0.3) is 5.69 Å². The van der Waals surface area contributed by atoms with E-state index in [1.165, 1.54) is 11.8 Å². The molecule has 2 aromatic heterocycles. The molecule has 7 nitrogen and oxygen atoms in total. The van der Waals surface area contributed by atoms with Crippen molar-refractivity contribution in [1.29, 1.82) is 0 Å². The number of thioether (sulfide) groups is 1. The molecule has 3 heterocycles. The van der Waals surface area contributed by atoms with Crippen LogP contribution in [0.15, 0.2) is 70.3 Å². The number of nitrogens with zero attached hydrogens (tertiary/aromatic N) is 3. The number of Topliss-reactive ketones (excluding diaryl/α,β-unsaturated/α-hetero) is 1. The summed E-state index contributed by atoms with van der Waals surface area (Å²) in [5.74, 6) is 1.87. The van der Waals surface area contributed by atoms with Crippen molar-refractivity contribution in [3.8, 4) is 17.2 Å². The van der Waals surface area contributed by atoms with Gasteiger partial charge in [0.1, 0.15) is 6.61 Å². The fourth-order valence-corrected chi connectivity index (χ4v) is 4.43. The van der Waals surface area contributed by atoms with Crippen LogP contribution < -0.4 is 9.47 Å². The van der Waals surface area contributed by atoms with E-state index in [9.17, 15) is 4.79 Å². The Bertz CT molecular complexity index is 1270. The average Bonchev–Trinajstić information content (AvgIpc) is 3.42. The first kappa shape index (κ1) is 20.4. The molecule has 1 atom stereocenters. The second-order valence-electron chi connectivity index (χ2n) is 7.44. The lowest BCUT2D eigenvalue weighted by Crippen LogP contribution is -2.21. The van der Waals surface area contributed by atoms with Gasteiger partial charge in [-0.2, -0.15) is 0 Å². The number of ether oxygens (including phenoxy) is 2. The average molecular weight is 448 g/mol. The van der Waals surface area contributed by atoms with Gasteiger partial charge in [0.05, 0.1) is 5.75 Å². The van der Waals surface area contributed by atoms with Gasteiger partial charge < -0.3 is 18.5 Å². The maximum atomic E-state index is 12.9. The van der Waals surface area contributed by atoms with Gasteiger partial charge in [0.15, 0.2) is 17.3 Å². The minimum atomic E-state index is -0.479. The molecule has 0 bridgehead atoms. The summed E-state index contributed by atoms with van der Waals surface area (Å²) in [5.41, 5.74) is 3.65. The molecule has 0 saturated carbocycles. The highest BCUT2D eigenvalue weighted by Crippen LogP contribution is 2.36. The van der Waals surface area contributed by atoms with E-state index in [1.54, 1.807) is 0 Å². The van der Waals surface area contributed by atoms with Gasteiger partial charge in [-0.15, -0.1) is 10.2 Å². The molecular formula is C24H21N3O4S. The lowest BCUT2D eigenvalue weighted by molar-refractivity contribution is 0.0686. The Hall–Kier alpha value is -3.52. The molecule has 1 unspecified atom stereocenters. The van der Waals surface area contributed by atoms with E-state index >= 15 is 0 Å². The van der Waals surface area contributed by atoms with Gasteiger partial charge in [-0.3, -0.25) is 4.79 Å². The summed E-state index contributed by atoms with van der Waals surface area (Å²) in [6, 6.07) is 19.4. The Morgan fingerprint density at radius 1 is 1.06 bits per heavy atom. The van der Waals surface area contributed by atoms with Gasteiger partial charge in [0.25, 0.3) is 11.1 Å². The number of ketones is 1. The molecule has 1 aliphatic rings. The summed E-state index contributed by atoms with van der Waals surface area (Å²) < 4.78 is 19.4. The molecule has 32 heavy (non-hydrogen) atoms. The van der Waals surface area contributed by atoms with Gasteiger partial charge in [0, 0.05) is 22.6 Å². The molecule has 1 aliphatic heterocycles. The van der Waals surface area contributed by atoms with E-state index in [-0.39, 0.29) is 18.1 Å². The number of rotatable bonds is 6. The van der Waals surface area contributed by atoms with Gasteiger partial charge in [-0.25, -0.2) is 0 Å². The highest BCUT2D eigenvalue weighted by molar-refractivity contribution is 7.99. The van der Waals surface area contributed by atoms with Crippen LogP contribution in [-0.4, -0.2) is 32.9 Å². The van der Waals surface area contributed by atoms with E-state index in [0.717, 1.165) is 17.1 Å². The summed E-state index contributed by atoms with van der Waals surface area (Å²) >= 11 is 1.22. The van der Waals surface area contributed by atoms with E-state index in [0.29, 0.717) is 28.2 Å². The molecule has 2 aromatic carbocycles. The molecule has 0 N–H and O–H groups in total. The Kier molecular flexibility index (Phi) is 5.45. The normalized spacial score (nSPS) is 15.0. The first-order valence-electron chi connectivity index (χ1n) is 10.2. The topological polar surface area (TPSA) is 79.4 Å². The number of carbonyl (C=O) groups is 1. The maximum Gasteiger partial charge on any atom is 0.277 e. The minimum Gasteiger partial charge on any atom is -0.485 e. The second kappa shape index (κ2) is 8.55. The molecular weight excluding hydrogens is 426 g/mol. The van der Waals surface area contributed by atoms with Crippen molar-refractivity contribution in [2.75, 3.05) is 12.4 Å². The number of hydrogen-bond donors (Lipinski definition) is 0. The molecule has 4 aromatic rings. The van der Waals surface area contributed by atoms with Crippen LogP contribution in [0, 0.1) is 13.8 Å². The number of benzene rings is 2. The smallest absolute Gasteiger partial charge is 0.277 e. The molecule has 0 fully saturated rings. The molecule has 0 spiro atoms. The zero-order chi connectivity index (χ0) is 22.1. The Morgan fingerprint density at radius 3 is 2.62 bits per heavy atom. The quantitative estimate of drug-likeness (QED) is 0.305. The lowest BCUT2D eigenvalue weighted by Gasteiger charge is -2.23. The third-order valence-electron chi connectivity index (χ3n) is 5.28. The summed E-state index contributed by atoms with van der Waals surface area (Å²) in [5, 5.41) is 8.47. The van der Waals surface area contributed by atoms with Gasteiger partial charge in [-0.05, 0) is 44.2 Å². The lowest BCUT2D eigenvalue weighted by atomic mass is 10.2. The zero-order valence-corrected chi connectivity index (χ0v) is 18.5. The van der Waals surface area contributed by atoms with Crippen LogP contribution in [0.3, 0.4) is 0 Å². The number of hydrogen-bond acceptors (Lipinski definition) is 7. The summed E-state index contributed by atoms with van der Waals surface area (Å²) in [6.07, 6.45) is -0.479. The molecule has 0 amide bonds. The number of para-hydroxylation sites is 3. The second-order valence-corrected chi connectivity index (χ2v) is 8.36. The van der Waals surface area contributed by atoms with Crippen molar-refractivity contribution in [1.82, 2.24) is 14.8 Å². The minimum absolute atomic E-state index is 0.0104. The molecule has 5 rings (SSSR count). The largest absolute Gasteiger partial charge is 0.485 e. The molecule has 0 saturated heterocycles. The van der Waals surface area contributed by atoms with Crippen molar-refractivity contribution in [3.63, 3.8) is 0 Å². The van der Waals surface area contributed by atoms with Crippen LogP contribution in [0.1, 0.15) is 33.7 Å². The molecule has 162 valence electrons. The number of carbonyl (C=O) groups excluding carboxylic acids is 1. The van der Waals surface area contributed by atoms with Crippen LogP contribution >= 0.6 is 11.8 Å². The summed E-state index contributed by atoms with van der Waals surface area (Å²) in [4.78, 5) is 12.9. The fourth-order valence-electron chi connectivity index (χ4n) is 3.77. The van der Waals surface area contributed by atoms with Gasteiger partial charge >= 0.3 is 0 Å². The maximum absolute atomic E-state index is 12.9. The van der Waals surface area contributed by atoms with Crippen molar-refractivity contribution >= 4 is 17.5 Å². The first-order chi connectivity index (χ1) is 15.6. The van der Waals surface area contributed by atoms with E-state index < -0.39 is 6.10 Å². The fraction of sp³-hybridized carbons (Fsp3) is 0.208. The predicted molar refractivity (Wildman–Crippen MR) is 120 cm³/mol. The van der Waals surface area contributed by atoms with Crippen LogP contribution in [-0.2, 0) is 0 Å². The number of aryl methyl sites for hydroxylation is 1. The third kappa shape index (κ3) is 3.89. The highest BCUT2D eigenvalue weighted by atomic mass is 32.2. The summed E-state index contributed by atoms with van der Waals surface area (Å²) in [6.45, 7) is 4.24. The van der Waals surface area contributed by atoms with E-state index in [4.69, 9.17) is 13.9 Å². The highest BCUT2D eigenvalue weighted by Gasteiger charge is 2.27. The van der Waals surface area contributed by atoms with Crippen LogP contribution in [0.5, 0.6) is 11.5 Å². The first-order valence-corrected chi connectivity index (χ1v) is 11.2. The predicted octanol–water partition coefficient (Wildman–Crippen LogP) is 4.96. The Labute approximate surface area is 189 Å². The standard InChI is InChI=1S/C24H21N3O4S/c1-15-12-18(16(2)27(15)17-8-4-3-5-9-17)19(28)14-32-24-26-25-23(31-24)22-13-29-20-10-6-7-11-21(20)30-22/h3-12,22H,13-14H2,1-2H3. The van der Waals surface area contributed by atoms with Crippen molar-refractivity contribution in [2.24, 2.45) is 0 Å². The Morgan fingerprint density at radius 2 is 1.81 bits per heavy atom. The molecule has 8 heteroatoms. The third-order valence-corrected chi connectivity index (χ3v) is 6.10. The van der Waals surface area contributed by atoms with E-state index in [2.05, 4.69) is 14.8 Å². The SMILES string of the molecule is Cc1cc(C(=O)CSc2nnc(C3COc4ccccc4O3)o2)c(C)n1-c1ccccc1. The molecule has 0 aliphatic carbocycles. The van der Waals surface area contributed by atoms with Crippen LogP contribution in [0.4, 0.5) is 0 Å². The van der Waals surface area contributed by atoms with Gasteiger partial charge in [-0.1, -0.05) is 42.1 Å².